The fourth-order valence-electron chi connectivity index (χ4n) is 0. The van der Waals surface area contributed by atoms with Crippen molar-refractivity contribution in [2.24, 2.45) is 0 Å². The second-order valence-corrected chi connectivity index (χ2v) is 15.0. The van der Waals surface area contributed by atoms with Crippen molar-refractivity contribution in [2.75, 3.05) is 0 Å². The van der Waals surface area contributed by atoms with Crippen LogP contribution in [-0.2, 0) is 70.8 Å². The second kappa shape index (κ2) is 24.4. The van der Waals surface area contributed by atoms with Crippen molar-refractivity contribution in [2.45, 2.75) is 0 Å². The first kappa shape index (κ1) is 53.6. The van der Waals surface area contributed by atoms with E-state index in [0.29, 0.717) is 0 Å². The SMILES string of the molecule is [O]=[Sb]([O-])([O-])[O-].[O]=[Sb]([O-])([O-])[O-].[O]=[Sb]([O-])([O-])[O-].[O]=[Sb]([O-])([O-])[O-].[O]=[Sb]([O-])([O-])[O-].[V+5].[V+5].[V+5]. The fraction of sp³-hybridized carbons (Fsp3) is 0. The Bertz CT molecular complexity index is 379. The molecular weight excluding hydrogens is 1080 g/mol. The van der Waals surface area contributed by atoms with Crippen LogP contribution in [0.25, 0.3) is 0 Å². The third-order valence-electron chi connectivity index (χ3n) is 0. The molecule has 0 aliphatic heterocycles. The summed E-state index contributed by atoms with van der Waals surface area (Å²) in [6.45, 7) is 0. The topological polar surface area (TPSA) is 431 Å². The van der Waals surface area contributed by atoms with E-state index in [9.17, 15) is 0 Å². The van der Waals surface area contributed by atoms with Gasteiger partial charge >= 0.3 is 222 Å². The molecule has 0 N–H and O–H groups in total. The smallest absolute Gasteiger partial charge is 5.00 e. The third kappa shape index (κ3) is 1440. The monoisotopic (exact) mass is 1080 g/mol. The van der Waals surface area contributed by atoms with E-state index >= 15 is 0 Å². The molecule has 0 rings (SSSR count). The van der Waals surface area contributed by atoms with E-state index in [-0.39, 0.29) is 55.7 Å². The maximum Gasteiger partial charge on any atom is 5.00 e. The summed E-state index contributed by atoms with van der Waals surface area (Å²) in [5.74, 6) is 0. The van der Waals surface area contributed by atoms with Crippen LogP contribution in [0.4, 0.5) is 0 Å². The minimum Gasteiger partial charge on any atom is 5.00 e. The van der Waals surface area contributed by atoms with E-state index in [1.807, 2.05) is 0 Å². The fourth-order valence-corrected chi connectivity index (χ4v) is 0. The van der Waals surface area contributed by atoms with E-state index in [4.69, 9.17) is 65.9 Å². The minimum absolute atomic E-state index is 0. The Morgan fingerprint density at radius 2 is 0.250 bits per heavy atom. The van der Waals surface area contributed by atoms with Crippen molar-refractivity contribution in [3.05, 3.63) is 0 Å². The van der Waals surface area contributed by atoms with Gasteiger partial charge in [-0.25, -0.2) is 0 Å². The van der Waals surface area contributed by atoms with Crippen LogP contribution in [0.5, 0.6) is 0 Å². The molecule has 0 heterocycles. The molecule has 0 saturated heterocycles. The van der Waals surface area contributed by atoms with E-state index in [2.05, 4.69) is 0 Å². The summed E-state index contributed by atoms with van der Waals surface area (Å²) in [6, 6.07) is 0. The Hall–Kier alpha value is 4.24. The van der Waals surface area contributed by atoms with Gasteiger partial charge in [-0.1, -0.05) is 0 Å². The predicted molar refractivity (Wildman–Crippen MR) is 32.2 cm³/mol. The molecule has 0 atom stereocenters. The second-order valence-electron chi connectivity index (χ2n) is 2.24. The summed E-state index contributed by atoms with van der Waals surface area (Å²) in [5, 5.41) is 0. The van der Waals surface area contributed by atoms with Crippen LogP contribution in [0, 0.1) is 0 Å². The molecule has 0 unspecified atom stereocenters. The van der Waals surface area contributed by atoms with Crippen LogP contribution in [0.1, 0.15) is 0 Å². The summed E-state index contributed by atoms with van der Waals surface area (Å²) < 4.78 is 173. The maximum absolute atomic E-state index is 8.64. The van der Waals surface area contributed by atoms with Gasteiger partial charge in [0.2, 0.25) is 0 Å². The predicted octanol–water partition coefficient (Wildman–Crippen LogP) is -20.3. The van der Waals surface area contributed by atoms with Crippen molar-refractivity contribution < 1.29 is 122 Å². The van der Waals surface area contributed by atoms with Gasteiger partial charge in [0.25, 0.3) is 0 Å². The van der Waals surface area contributed by atoms with Crippen LogP contribution in [0.3, 0.4) is 0 Å². The van der Waals surface area contributed by atoms with Gasteiger partial charge in [0.15, 0.2) is 0 Å². The molecule has 0 aliphatic carbocycles. The van der Waals surface area contributed by atoms with Gasteiger partial charge in [-0.05, 0) is 0 Å². The van der Waals surface area contributed by atoms with Gasteiger partial charge < -0.3 is 0 Å². The van der Waals surface area contributed by atoms with Crippen LogP contribution >= 0.6 is 0 Å². The van der Waals surface area contributed by atoms with Gasteiger partial charge in [-0.15, -0.1) is 0 Å². The molecule has 0 aromatic rings. The van der Waals surface area contributed by atoms with Gasteiger partial charge in [-0.3, -0.25) is 0 Å². The molecule has 0 aliphatic rings. The van der Waals surface area contributed by atoms with E-state index in [0.717, 1.165) is 0 Å². The Labute approximate surface area is 217 Å². The first-order chi connectivity index (χ1) is 10.0. The molecule has 0 spiro atoms. The van der Waals surface area contributed by atoms with Crippen LogP contribution in [-0.4, -0.2) is 100 Å². The van der Waals surface area contributed by atoms with Gasteiger partial charge in [-0.2, -0.15) is 0 Å². The molecule has 28 heavy (non-hydrogen) atoms. The molecule has 0 aromatic heterocycles. The Morgan fingerprint density at radius 3 is 0.250 bits per heavy atom. The first-order valence-electron chi connectivity index (χ1n) is 3.65. The quantitative estimate of drug-likeness (QED) is 0.203. The minimum atomic E-state index is -6.10. The Balaban J connectivity index is -0.0000000290. The molecular formula is O20Sb5V3. The number of hydrogen-bond donors (Lipinski definition) is 0. The van der Waals surface area contributed by atoms with Crippen molar-refractivity contribution in [1.29, 1.82) is 0 Å². The Kier molecular flexibility index (Phi) is 46.6. The molecule has 0 fully saturated rings. The van der Waals surface area contributed by atoms with Crippen molar-refractivity contribution in [1.82, 2.24) is 0 Å². The standard InChI is InChI=1S/20O.5Sb.3V/q;;;;;15*-1;;;;;;3*+5. The molecule has 28 heteroatoms. The number of rotatable bonds is 0. The van der Waals surface area contributed by atoms with Crippen LogP contribution < -0.4 is 50.8 Å². The zero-order chi connectivity index (χ0) is 22.5. The van der Waals surface area contributed by atoms with Gasteiger partial charge in [0.05, 0.1) is 0 Å². The van der Waals surface area contributed by atoms with Gasteiger partial charge in [0.1, 0.15) is 0 Å². The van der Waals surface area contributed by atoms with Gasteiger partial charge in [0, 0.05) is 0 Å². The third-order valence-corrected chi connectivity index (χ3v) is 0. The summed E-state index contributed by atoms with van der Waals surface area (Å²) in [7, 11) is 0. The average Bonchev–Trinajstić information content (AvgIpc) is 1.79. The zero-order valence-electron chi connectivity index (χ0n) is 11.7. The van der Waals surface area contributed by atoms with Crippen molar-refractivity contribution in [3.63, 3.8) is 0 Å². The van der Waals surface area contributed by atoms with E-state index < -0.39 is 100 Å². The maximum atomic E-state index is 8.64. The normalized spacial score (nSPS) is 10.5. The molecule has 20 nitrogen and oxygen atoms in total. The zero-order valence-corrected chi connectivity index (χ0v) is 28.7. The van der Waals surface area contributed by atoms with Crippen LogP contribution in [0.2, 0.25) is 0 Å². The number of hydrogen-bond acceptors (Lipinski definition) is 20. The molecule has 0 aromatic carbocycles. The average molecular weight is 1080 g/mol. The molecule has 0 radical (unpaired) electrons. The first-order valence-corrected chi connectivity index (χ1v) is 24.5. The summed E-state index contributed by atoms with van der Waals surface area (Å²) >= 11 is -30.5. The summed E-state index contributed by atoms with van der Waals surface area (Å²) in [6.07, 6.45) is 0. The summed E-state index contributed by atoms with van der Waals surface area (Å²) in [5.41, 5.74) is 0. The van der Waals surface area contributed by atoms with Crippen LogP contribution in [0.15, 0.2) is 0 Å². The molecule has 0 saturated carbocycles. The molecule has 0 amide bonds. The molecule has 160 valence electrons. The molecule has 0 bridgehead atoms. The van der Waals surface area contributed by atoms with E-state index in [1.165, 1.54) is 0 Å². The largest absolute Gasteiger partial charge is 5.00 e. The van der Waals surface area contributed by atoms with Crippen molar-refractivity contribution >= 4 is 100 Å². The van der Waals surface area contributed by atoms with E-state index in [1.54, 1.807) is 0 Å². The summed E-state index contributed by atoms with van der Waals surface area (Å²) in [4.78, 5) is 0. The Morgan fingerprint density at radius 1 is 0.250 bits per heavy atom. The van der Waals surface area contributed by atoms with Crippen molar-refractivity contribution in [3.8, 4) is 0 Å².